The number of hydrogen-bond acceptors (Lipinski definition) is 3. The summed E-state index contributed by atoms with van der Waals surface area (Å²) in [6, 6.07) is 5.18. The molecule has 0 unspecified atom stereocenters. The molecule has 0 fully saturated rings. The number of aliphatic imine (C=N–C) groups is 1. The Morgan fingerprint density at radius 3 is 2.55 bits per heavy atom. The Balaban J connectivity index is 1.88. The van der Waals surface area contributed by atoms with Gasteiger partial charge in [0, 0.05) is 13.6 Å². The second kappa shape index (κ2) is 7.06. The van der Waals surface area contributed by atoms with Crippen LogP contribution in [0.4, 0.5) is 4.39 Å². The Bertz CT molecular complexity index is 659. The van der Waals surface area contributed by atoms with E-state index in [1.807, 2.05) is 19.9 Å². The molecule has 2 rings (SSSR count). The van der Waals surface area contributed by atoms with Crippen molar-refractivity contribution in [3.05, 3.63) is 52.5 Å². The van der Waals surface area contributed by atoms with Crippen LogP contribution < -0.4 is 10.6 Å². The van der Waals surface area contributed by atoms with Crippen LogP contribution >= 0.6 is 0 Å². The highest BCUT2D eigenvalue weighted by molar-refractivity contribution is 5.79. The first-order valence-electron chi connectivity index (χ1n) is 7.12. The Kier molecular flexibility index (Phi) is 5.14. The van der Waals surface area contributed by atoms with Crippen molar-refractivity contribution in [1.29, 1.82) is 0 Å². The Morgan fingerprint density at radius 1 is 1.23 bits per heavy atom. The van der Waals surface area contributed by atoms with E-state index in [4.69, 9.17) is 4.42 Å². The molecule has 0 aliphatic rings. The molecule has 0 saturated heterocycles. The van der Waals surface area contributed by atoms with E-state index in [9.17, 15) is 4.39 Å². The van der Waals surface area contributed by atoms with Crippen molar-refractivity contribution in [2.24, 2.45) is 4.99 Å². The lowest BCUT2D eigenvalue weighted by molar-refractivity contribution is 0.463. The lowest BCUT2D eigenvalue weighted by Crippen LogP contribution is -2.36. The predicted molar refractivity (Wildman–Crippen MR) is 84.2 cm³/mol. The number of halogens is 1. The summed E-state index contributed by atoms with van der Waals surface area (Å²) in [4.78, 5) is 8.41. The first-order chi connectivity index (χ1) is 10.5. The standard InChI is InChI=1S/C16H21FN4O/c1-10-5-6-13(7-14(10)17)8-19-16(18-4)20-9-15-21-11(2)12(3)22-15/h5-7H,8-9H2,1-4H3,(H2,18,19,20). The van der Waals surface area contributed by atoms with Crippen molar-refractivity contribution in [1.82, 2.24) is 15.6 Å². The average Bonchev–Trinajstić information content (AvgIpc) is 2.81. The molecule has 0 amide bonds. The first-order valence-corrected chi connectivity index (χ1v) is 7.12. The maximum atomic E-state index is 13.5. The highest BCUT2D eigenvalue weighted by atomic mass is 19.1. The van der Waals surface area contributed by atoms with Crippen molar-refractivity contribution in [3.8, 4) is 0 Å². The summed E-state index contributed by atoms with van der Waals surface area (Å²) in [7, 11) is 1.68. The lowest BCUT2D eigenvalue weighted by Gasteiger charge is -2.11. The van der Waals surface area contributed by atoms with Gasteiger partial charge in [-0.15, -0.1) is 0 Å². The molecule has 0 atom stereocenters. The van der Waals surface area contributed by atoms with E-state index >= 15 is 0 Å². The third kappa shape index (κ3) is 4.07. The smallest absolute Gasteiger partial charge is 0.214 e. The van der Waals surface area contributed by atoms with Crippen molar-refractivity contribution in [3.63, 3.8) is 0 Å². The van der Waals surface area contributed by atoms with E-state index in [1.165, 1.54) is 6.07 Å². The van der Waals surface area contributed by atoms with Crippen LogP contribution in [0.15, 0.2) is 27.6 Å². The van der Waals surface area contributed by atoms with Crippen LogP contribution in [-0.4, -0.2) is 18.0 Å². The van der Waals surface area contributed by atoms with E-state index in [2.05, 4.69) is 20.6 Å². The van der Waals surface area contributed by atoms with Crippen LogP contribution in [0, 0.1) is 26.6 Å². The Labute approximate surface area is 129 Å². The van der Waals surface area contributed by atoms with Gasteiger partial charge in [0.1, 0.15) is 11.6 Å². The van der Waals surface area contributed by atoms with Crippen LogP contribution in [0.5, 0.6) is 0 Å². The van der Waals surface area contributed by atoms with Gasteiger partial charge in [0.2, 0.25) is 5.89 Å². The summed E-state index contributed by atoms with van der Waals surface area (Å²) >= 11 is 0. The second-order valence-corrected chi connectivity index (χ2v) is 5.11. The maximum Gasteiger partial charge on any atom is 0.214 e. The molecule has 0 saturated carbocycles. The quantitative estimate of drug-likeness (QED) is 0.673. The maximum absolute atomic E-state index is 13.5. The van der Waals surface area contributed by atoms with E-state index in [-0.39, 0.29) is 5.82 Å². The summed E-state index contributed by atoms with van der Waals surface area (Å²) in [6.45, 7) is 6.46. The van der Waals surface area contributed by atoms with E-state index < -0.39 is 0 Å². The minimum absolute atomic E-state index is 0.201. The molecule has 6 heteroatoms. The zero-order valence-electron chi connectivity index (χ0n) is 13.3. The summed E-state index contributed by atoms with van der Waals surface area (Å²) in [5.41, 5.74) is 2.38. The van der Waals surface area contributed by atoms with Gasteiger partial charge in [-0.3, -0.25) is 4.99 Å². The molecule has 0 bridgehead atoms. The number of guanidine groups is 1. The van der Waals surface area contributed by atoms with Crippen molar-refractivity contribution in [2.45, 2.75) is 33.9 Å². The molecule has 2 aromatic rings. The van der Waals surface area contributed by atoms with Gasteiger partial charge in [0.15, 0.2) is 5.96 Å². The number of oxazole rings is 1. The molecule has 5 nitrogen and oxygen atoms in total. The number of aryl methyl sites for hydroxylation is 3. The van der Waals surface area contributed by atoms with E-state index in [0.29, 0.717) is 30.5 Å². The van der Waals surface area contributed by atoms with Crippen molar-refractivity contribution in [2.75, 3.05) is 7.05 Å². The van der Waals surface area contributed by atoms with E-state index in [1.54, 1.807) is 20.0 Å². The molecule has 0 aliphatic heterocycles. The molecular weight excluding hydrogens is 283 g/mol. The Morgan fingerprint density at radius 2 is 1.95 bits per heavy atom. The van der Waals surface area contributed by atoms with Crippen molar-refractivity contribution >= 4 is 5.96 Å². The number of aromatic nitrogens is 1. The zero-order valence-corrected chi connectivity index (χ0v) is 13.3. The number of hydrogen-bond donors (Lipinski definition) is 2. The van der Waals surface area contributed by atoms with Gasteiger partial charge < -0.3 is 15.1 Å². The fourth-order valence-corrected chi connectivity index (χ4v) is 1.93. The van der Waals surface area contributed by atoms with Gasteiger partial charge in [-0.1, -0.05) is 12.1 Å². The number of nitrogens with one attached hydrogen (secondary N) is 2. The first kappa shape index (κ1) is 16.0. The molecule has 0 radical (unpaired) electrons. The average molecular weight is 304 g/mol. The highest BCUT2D eigenvalue weighted by Gasteiger charge is 2.06. The van der Waals surface area contributed by atoms with E-state index in [0.717, 1.165) is 17.0 Å². The molecule has 1 aromatic carbocycles. The van der Waals surface area contributed by atoms with Gasteiger partial charge in [-0.2, -0.15) is 0 Å². The summed E-state index contributed by atoms with van der Waals surface area (Å²) in [5.74, 6) is 1.83. The molecule has 118 valence electrons. The van der Waals surface area contributed by atoms with Gasteiger partial charge in [0.25, 0.3) is 0 Å². The fourth-order valence-electron chi connectivity index (χ4n) is 1.93. The highest BCUT2D eigenvalue weighted by Crippen LogP contribution is 2.09. The molecular formula is C16H21FN4O. The summed E-state index contributed by atoms with van der Waals surface area (Å²) < 4.78 is 19.0. The lowest BCUT2D eigenvalue weighted by atomic mass is 10.1. The van der Waals surface area contributed by atoms with Crippen molar-refractivity contribution < 1.29 is 8.81 Å². The third-order valence-corrected chi connectivity index (χ3v) is 3.40. The normalized spacial score (nSPS) is 11.6. The molecule has 1 heterocycles. The monoisotopic (exact) mass is 304 g/mol. The predicted octanol–water partition coefficient (Wildman–Crippen LogP) is 2.60. The minimum Gasteiger partial charge on any atom is -0.444 e. The zero-order chi connectivity index (χ0) is 16.1. The largest absolute Gasteiger partial charge is 0.444 e. The summed E-state index contributed by atoms with van der Waals surface area (Å²) in [5, 5.41) is 6.24. The van der Waals surface area contributed by atoms with Gasteiger partial charge >= 0.3 is 0 Å². The van der Waals surface area contributed by atoms with Crippen LogP contribution in [0.25, 0.3) is 0 Å². The SMILES string of the molecule is CN=C(NCc1ccc(C)c(F)c1)NCc1nc(C)c(C)o1. The molecule has 1 aromatic heterocycles. The molecule has 0 aliphatic carbocycles. The molecule has 22 heavy (non-hydrogen) atoms. The minimum atomic E-state index is -0.201. The number of nitrogens with zero attached hydrogens (tertiary/aromatic N) is 2. The topological polar surface area (TPSA) is 62.5 Å². The summed E-state index contributed by atoms with van der Waals surface area (Å²) in [6.07, 6.45) is 0. The Hall–Kier alpha value is -2.37. The van der Waals surface area contributed by atoms with Crippen LogP contribution in [0.2, 0.25) is 0 Å². The van der Waals surface area contributed by atoms with Crippen LogP contribution in [-0.2, 0) is 13.1 Å². The number of rotatable bonds is 4. The van der Waals surface area contributed by atoms with Gasteiger partial charge in [0.05, 0.1) is 12.2 Å². The molecule has 2 N–H and O–H groups in total. The van der Waals surface area contributed by atoms with Gasteiger partial charge in [-0.25, -0.2) is 9.37 Å². The third-order valence-electron chi connectivity index (χ3n) is 3.40. The molecule has 0 spiro atoms. The number of benzene rings is 1. The van der Waals surface area contributed by atoms with Gasteiger partial charge in [-0.05, 0) is 38.0 Å². The van der Waals surface area contributed by atoms with Crippen LogP contribution in [0.3, 0.4) is 0 Å². The van der Waals surface area contributed by atoms with Crippen LogP contribution in [0.1, 0.15) is 28.5 Å². The second-order valence-electron chi connectivity index (χ2n) is 5.11. The fraction of sp³-hybridized carbons (Fsp3) is 0.375.